The molecule has 1 aliphatic heterocycles. The third-order valence-corrected chi connectivity index (χ3v) is 7.76. The van der Waals surface area contributed by atoms with Crippen molar-refractivity contribution in [3.8, 4) is 0 Å². The van der Waals surface area contributed by atoms with Crippen molar-refractivity contribution in [2.24, 2.45) is 17.6 Å². The summed E-state index contributed by atoms with van der Waals surface area (Å²) in [5.74, 6) is 1.66. The van der Waals surface area contributed by atoms with Crippen LogP contribution in [-0.4, -0.2) is 36.1 Å². The molecule has 0 unspecified atom stereocenters. The van der Waals surface area contributed by atoms with E-state index < -0.39 is 0 Å². The number of unbranched alkanes of at least 4 members (excludes halogenated alkanes) is 4. The van der Waals surface area contributed by atoms with E-state index in [2.05, 4.69) is 41.9 Å². The molecule has 1 aromatic heterocycles. The Morgan fingerprint density at radius 3 is 2.64 bits per heavy atom. The highest BCUT2D eigenvalue weighted by atomic mass is 16.1. The molecular formula is C29H47N3O. The highest BCUT2D eigenvalue weighted by Gasteiger charge is 2.27. The molecule has 4 nitrogen and oxygen atoms in total. The van der Waals surface area contributed by atoms with Gasteiger partial charge in [0, 0.05) is 23.5 Å². The fraction of sp³-hybridized carbons (Fsp3) is 0.690. The molecule has 33 heavy (non-hydrogen) atoms. The second-order valence-electron chi connectivity index (χ2n) is 10.3. The number of aromatic nitrogens is 1. The zero-order chi connectivity index (χ0) is 23.5. The maximum Gasteiger partial charge on any atom is 0.248 e. The van der Waals surface area contributed by atoms with Crippen molar-refractivity contribution in [3.05, 3.63) is 45.7 Å². The maximum absolute atomic E-state index is 12.2. The molecule has 184 valence electrons. The fourth-order valence-corrected chi connectivity index (χ4v) is 5.73. The summed E-state index contributed by atoms with van der Waals surface area (Å²) in [5, 5.41) is 1.22. The Hall–Kier alpha value is -1.65. The molecule has 2 atom stereocenters. The van der Waals surface area contributed by atoms with Crippen molar-refractivity contribution >= 4 is 10.9 Å². The van der Waals surface area contributed by atoms with Gasteiger partial charge >= 0.3 is 0 Å². The van der Waals surface area contributed by atoms with Gasteiger partial charge in [-0.3, -0.25) is 4.79 Å². The lowest BCUT2D eigenvalue weighted by atomic mass is 9.80. The number of nitrogens with one attached hydrogen (secondary N) is 1. The number of nitrogens with two attached hydrogens (primary N) is 1. The van der Waals surface area contributed by atoms with E-state index in [4.69, 9.17) is 5.73 Å². The van der Waals surface area contributed by atoms with Crippen molar-refractivity contribution in [3.63, 3.8) is 0 Å². The van der Waals surface area contributed by atoms with Gasteiger partial charge in [0.15, 0.2) is 0 Å². The van der Waals surface area contributed by atoms with Gasteiger partial charge < -0.3 is 15.6 Å². The number of hydrogen-bond acceptors (Lipinski definition) is 3. The van der Waals surface area contributed by atoms with Crippen LogP contribution in [0.2, 0.25) is 0 Å². The predicted octanol–water partition coefficient (Wildman–Crippen LogP) is 6.06. The van der Waals surface area contributed by atoms with Gasteiger partial charge in [0.1, 0.15) is 0 Å². The van der Waals surface area contributed by atoms with E-state index in [0.29, 0.717) is 6.54 Å². The average molecular weight is 454 g/mol. The third-order valence-electron chi connectivity index (χ3n) is 7.76. The monoisotopic (exact) mass is 453 g/mol. The average Bonchev–Trinajstić information content (AvgIpc) is 2.83. The molecule has 2 aromatic rings. The summed E-state index contributed by atoms with van der Waals surface area (Å²) in [5.41, 5.74) is 9.21. The molecule has 0 saturated carbocycles. The molecule has 1 aromatic carbocycles. The third kappa shape index (κ3) is 7.96. The minimum absolute atomic E-state index is 0.0193. The molecule has 0 aliphatic carbocycles. The van der Waals surface area contributed by atoms with E-state index >= 15 is 0 Å². The molecule has 0 amide bonds. The molecule has 0 radical (unpaired) electrons. The molecule has 1 saturated heterocycles. The number of aromatic amines is 1. The normalized spacial score (nSPS) is 19.4. The first-order valence-corrected chi connectivity index (χ1v) is 13.7. The van der Waals surface area contributed by atoms with E-state index in [1.165, 1.54) is 93.9 Å². The molecule has 1 fully saturated rings. The Bertz CT molecular complexity index is 890. The van der Waals surface area contributed by atoms with Crippen LogP contribution in [0, 0.1) is 11.8 Å². The number of aryl methyl sites for hydroxylation is 2. The zero-order valence-corrected chi connectivity index (χ0v) is 21.2. The van der Waals surface area contributed by atoms with Crippen LogP contribution in [0.5, 0.6) is 0 Å². The Labute approximate surface area is 201 Å². The first-order valence-electron chi connectivity index (χ1n) is 13.7. The van der Waals surface area contributed by atoms with Crippen molar-refractivity contribution in [2.75, 3.05) is 26.2 Å². The number of rotatable bonds is 14. The number of likely N-dealkylation sites (tertiary alicyclic amines) is 1. The summed E-state index contributed by atoms with van der Waals surface area (Å²) in [6.07, 6.45) is 14.9. The van der Waals surface area contributed by atoms with Crippen molar-refractivity contribution in [1.29, 1.82) is 0 Å². The molecule has 2 heterocycles. The van der Waals surface area contributed by atoms with E-state index in [1.54, 1.807) is 0 Å². The van der Waals surface area contributed by atoms with Gasteiger partial charge in [-0.25, -0.2) is 0 Å². The smallest absolute Gasteiger partial charge is 0.248 e. The van der Waals surface area contributed by atoms with E-state index in [-0.39, 0.29) is 5.56 Å². The molecule has 0 spiro atoms. The maximum atomic E-state index is 12.2. The van der Waals surface area contributed by atoms with Crippen LogP contribution >= 0.6 is 0 Å². The van der Waals surface area contributed by atoms with Gasteiger partial charge in [0.25, 0.3) is 0 Å². The molecule has 3 rings (SSSR count). The summed E-state index contributed by atoms with van der Waals surface area (Å²) < 4.78 is 0. The van der Waals surface area contributed by atoms with Gasteiger partial charge in [0.2, 0.25) is 5.56 Å². The SMILES string of the molecule is CCCCCCCN1CC[C@@H](CCCc2cc(=O)[nH]c3ccc(CCCN)cc23)[C@@H](CC)C1. The van der Waals surface area contributed by atoms with Crippen LogP contribution in [0.4, 0.5) is 0 Å². The largest absolute Gasteiger partial charge is 0.330 e. The highest BCUT2D eigenvalue weighted by Crippen LogP contribution is 2.31. The minimum Gasteiger partial charge on any atom is -0.330 e. The highest BCUT2D eigenvalue weighted by molar-refractivity contribution is 5.82. The summed E-state index contributed by atoms with van der Waals surface area (Å²) in [7, 11) is 0. The first-order chi connectivity index (χ1) is 16.1. The Morgan fingerprint density at radius 2 is 1.85 bits per heavy atom. The molecular weight excluding hydrogens is 406 g/mol. The first kappa shape index (κ1) is 26.0. The van der Waals surface area contributed by atoms with Crippen molar-refractivity contribution in [1.82, 2.24) is 9.88 Å². The number of fused-ring (bicyclic) bond motifs is 1. The van der Waals surface area contributed by atoms with Crippen molar-refractivity contribution in [2.45, 2.75) is 90.9 Å². The van der Waals surface area contributed by atoms with Crippen LogP contribution in [0.15, 0.2) is 29.1 Å². The zero-order valence-electron chi connectivity index (χ0n) is 21.2. The summed E-state index contributed by atoms with van der Waals surface area (Å²) in [6, 6.07) is 8.29. The number of piperidine rings is 1. The van der Waals surface area contributed by atoms with Crippen LogP contribution in [0.1, 0.15) is 89.2 Å². The van der Waals surface area contributed by atoms with Crippen molar-refractivity contribution < 1.29 is 0 Å². The van der Waals surface area contributed by atoms with Gasteiger partial charge in [-0.15, -0.1) is 0 Å². The lowest BCUT2D eigenvalue weighted by Crippen LogP contribution is -2.40. The summed E-state index contributed by atoms with van der Waals surface area (Å²) in [6.45, 7) is 9.22. The Balaban J connectivity index is 1.53. The quantitative estimate of drug-likeness (QED) is 0.342. The molecule has 4 heteroatoms. The van der Waals surface area contributed by atoms with E-state index in [0.717, 1.165) is 36.6 Å². The summed E-state index contributed by atoms with van der Waals surface area (Å²) >= 11 is 0. The van der Waals surface area contributed by atoms with Crippen LogP contribution < -0.4 is 11.3 Å². The number of benzene rings is 1. The van der Waals surface area contributed by atoms with E-state index in [9.17, 15) is 4.79 Å². The Morgan fingerprint density at radius 1 is 1.00 bits per heavy atom. The standard InChI is InChI=1S/C29H47N3O/c1-3-5-6-7-8-18-32-19-16-25(24(4-2)22-32)12-9-13-26-21-29(33)31-28-15-14-23(11-10-17-30)20-27(26)28/h14-15,20-21,24-25H,3-13,16-19,22,30H2,1-2H3,(H,31,33)/t24-,25+/m0/s1. The second-order valence-corrected chi connectivity index (χ2v) is 10.3. The molecule has 3 N–H and O–H groups in total. The second kappa shape index (κ2) is 13.9. The summed E-state index contributed by atoms with van der Waals surface area (Å²) in [4.78, 5) is 18.0. The number of hydrogen-bond donors (Lipinski definition) is 2. The molecule has 1 aliphatic rings. The fourth-order valence-electron chi connectivity index (χ4n) is 5.73. The van der Waals surface area contributed by atoms with Gasteiger partial charge in [-0.2, -0.15) is 0 Å². The number of pyridine rings is 1. The van der Waals surface area contributed by atoms with Gasteiger partial charge in [-0.1, -0.05) is 52.0 Å². The van der Waals surface area contributed by atoms with Crippen LogP contribution in [0.3, 0.4) is 0 Å². The Kier molecular flexibility index (Phi) is 10.9. The lowest BCUT2D eigenvalue weighted by molar-refractivity contribution is 0.108. The number of nitrogens with zero attached hydrogens (tertiary/aromatic N) is 1. The van der Waals surface area contributed by atoms with Gasteiger partial charge in [-0.05, 0) is 99.7 Å². The van der Waals surface area contributed by atoms with E-state index in [1.807, 2.05) is 6.07 Å². The van der Waals surface area contributed by atoms with Crippen LogP contribution in [-0.2, 0) is 12.8 Å². The number of H-pyrrole nitrogens is 1. The lowest BCUT2D eigenvalue weighted by Gasteiger charge is -2.38. The van der Waals surface area contributed by atoms with Crippen LogP contribution in [0.25, 0.3) is 10.9 Å². The minimum atomic E-state index is 0.0193. The predicted molar refractivity (Wildman–Crippen MR) is 142 cm³/mol. The van der Waals surface area contributed by atoms with Gasteiger partial charge in [0.05, 0.1) is 0 Å². The topological polar surface area (TPSA) is 62.1 Å². The molecule has 0 bridgehead atoms.